The van der Waals surface area contributed by atoms with Gasteiger partial charge in [-0.2, -0.15) is 0 Å². The number of hydrogen-bond donors (Lipinski definition) is 1. The molecule has 1 aliphatic heterocycles. The summed E-state index contributed by atoms with van der Waals surface area (Å²) in [4.78, 5) is 29.3. The molecule has 0 aromatic rings. The summed E-state index contributed by atoms with van der Waals surface area (Å²) >= 11 is 0. The van der Waals surface area contributed by atoms with Crippen LogP contribution < -0.4 is 0 Å². The first kappa shape index (κ1) is 22.6. The number of carbonyl (C=O) groups excluding carboxylic acids is 2. The maximum absolute atomic E-state index is 13.5. The number of aliphatic hydroxyl groups is 1. The number of ether oxygens (including phenoxy) is 1. The third-order valence-electron chi connectivity index (χ3n) is 10.6. The molecule has 5 nitrogen and oxygen atoms in total. The number of rotatable bonds is 4. The van der Waals surface area contributed by atoms with Crippen LogP contribution in [0, 0.1) is 28.1 Å². The molecule has 5 heteroatoms. The zero-order valence-electron chi connectivity index (χ0n) is 20.1. The number of hydrogen-bond acceptors (Lipinski definition) is 5. The summed E-state index contributed by atoms with van der Waals surface area (Å²) < 4.78 is 5.93. The van der Waals surface area contributed by atoms with E-state index in [0.717, 1.165) is 58.2 Å². The fourth-order valence-corrected chi connectivity index (χ4v) is 8.98. The van der Waals surface area contributed by atoms with E-state index in [1.165, 1.54) is 19.3 Å². The molecular formula is C27H41NO4. The molecule has 5 rings (SSSR count). The van der Waals surface area contributed by atoms with Crippen LogP contribution in [0.3, 0.4) is 0 Å². The maximum Gasteiger partial charge on any atom is 0.312 e. The van der Waals surface area contributed by atoms with Gasteiger partial charge >= 0.3 is 5.97 Å². The molecule has 0 amide bonds. The highest BCUT2D eigenvalue weighted by Crippen LogP contribution is 2.71. The molecule has 0 aromatic heterocycles. The van der Waals surface area contributed by atoms with E-state index in [-0.39, 0.29) is 29.0 Å². The SMILES string of the molecule is C=C1C(=O)[C@@]23CCC4[C@](C)(C(=O)OCCN5CCCCC5)CCC[C@@]4(C)[C@@H]2CC[C@@]1(O)C3. The molecule has 0 aromatic carbocycles. The van der Waals surface area contributed by atoms with Gasteiger partial charge in [0.15, 0.2) is 5.78 Å². The van der Waals surface area contributed by atoms with Crippen molar-refractivity contribution in [3.8, 4) is 0 Å². The molecule has 1 heterocycles. The van der Waals surface area contributed by atoms with Crippen LogP contribution in [0.5, 0.6) is 0 Å². The molecule has 0 radical (unpaired) electrons. The minimum absolute atomic E-state index is 0.0316. The van der Waals surface area contributed by atoms with E-state index in [2.05, 4.69) is 25.3 Å². The first-order chi connectivity index (χ1) is 15.2. The second-order valence-electron chi connectivity index (χ2n) is 12.2. The number of nitrogens with zero attached hydrogens (tertiary/aromatic N) is 1. The summed E-state index contributed by atoms with van der Waals surface area (Å²) in [6.07, 6.45) is 10.4. The fraction of sp³-hybridized carbons (Fsp3) is 0.852. The molecule has 178 valence electrons. The number of likely N-dealkylation sites (tertiary alicyclic amines) is 1. The fourth-order valence-electron chi connectivity index (χ4n) is 8.98. The summed E-state index contributed by atoms with van der Waals surface area (Å²) in [5.74, 6) is 0.533. The zero-order chi connectivity index (χ0) is 22.8. The van der Waals surface area contributed by atoms with Crippen molar-refractivity contribution in [2.45, 2.75) is 90.1 Å². The number of piperidine rings is 1. The number of Topliss-reactive ketones (excluding diaryl/α,β-unsaturated/α-hetero) is 1. The first-order valence-electron chi connectivity index (χ1n) is 13.0. The number of ketones is 1. The van der Waals surface area contributed by atoms with Gasteiger partial charge in [-0.15, -0.1) is 0 Å². The van der Waals surface area contributed by atoms with Gasteiger partial charge in [-0.05, 0) is 95.1 Å². The Hall–Kier alpha value is -1.20. The average molecular weight is 444 g/mol. The Labute approximate surface area is 192 Å². The van der Waals surface area contributed by atoms with E-state index in [9.17, 15) is 14.7 Å². The van der Waals surface area contributed by atoms with Crippen molar-refractivity contribution in [1.29, 1.82) is 0 Å². The monoisotopic (exact) mass is 443 g/mol. The predicted molar refractivity (Wildman–Crippen MR) is 123 cm³/mol. The van der Waals surface area contributed by atoms with Gasteiger partial charge in [-0.1, -0.05) is 26.3 Å². The third-order valence-corrected chi connectivity index (χ3v) is 10.6. The van der Waals surface area contributed by atoms with Crippen molar-refractivity contribution in [1.82, 2.24) is 4.90 Å². The summed E-state index contributed by atoms with van der Waals surface area (Å²) in [5, 5.41) is 11.1. The van der Waals surface area contributed by atoms with Crippen LogP contribution in [0.25, 0.3) is 0 Å². The molecule has 1 unspecified atom stereocenters. The largest absolute Gasteiger partial charge is 0.464 e. The lowest BCUT2D eigenvalue weighted by Gasteiger charge is -2.63. The number of fused-ring (bicyclic) bond motifs is 3. The summed E-state index contributed by atoms with van der Waals surface area (Å²) in [6, 6.07) is 0. The highest BCUT2D eigenvalue weighted by molar-refractivity contribution is 6.04. The van der Waals surface area contributed by atoms with Crippen LogP contribution in [0.2, 0.25) is 0 Å². The lowest BCUT2D eigenvalue weighted by atomic mass is 9.40. The smallest absolute Gasteiger partial charge is 0.312 e. The van der Waals surface area contributed by atoms with Gasteiger partial charge in [-0.25, -0.2) is 0 Å². The molecule has 32 heavy (non-hydrogen) atoms. The van der Waals surface area contributed by atoms with E-state index < -0.39 is 16.4 Å². The molecule has 6 atom stereocenters. The van der Waals surface area contributed by atoms with Crippen LogP contribution in [0.4, 0.5) is 0 Å². The first-order valence-corrected chi connectivity index (χ1v) is 13.0. The Balaban J connectivity index is 1.34. The van der Waals surface area contributed by atoms with Crippen LogP contribution in [0.15, 0.2) is 12.2 Å². The molecule has 1 saturated heterocycles. The Morgan fingerprint density at radius 3 is 2.53 bits per heavy atom. The molecule has 4 saturated carbocycles. The van der Waals surface area contributed by atoms with Crippen molar-refractivity contribution in [2.75, 3.05) is 26.2 Å². The van der Waals surface area contributed by atoms with Crippen LogP contribution in [-0.4, -0.2) is 53.6 Å². The second kappa shape index (κ2) is 7.66. The van der Waals surface area contributed by atoms with E-state index in [1.807, 2.05) is 0 Å². The highest BCUT2D eigenvalue weighted by atomic mass is 16.5. The van der Waals surface area contributed by atoms with Crippen LogP contribution in [0.1, 0.15) is 84.5 Å². The van der Waals surface area contributed by atoms with Gasteiger partial charge in [0.2, 0.25) is 0 Å². The van der Waals surface area contributed by atoms with E-state index >= 15 is 0 Å². The molecule has 4 aliphatic carbocycles. The number of carbonyl (C=O) groups is 2. The van der Waals surface area contributed by atoms with Crippen LogP contribution >= 0.6 is 0 Å². The standard InChI is InChI=1S/C27H41NO4/c1-19-22(29)26-12-8-20-24(2,21(26)9-13-27(19,31)18-26)10-7-11-25(20,3)23(30)32-17-16-28-14-5-4-6-15-28/h20-21,31H,1,4-18H2,2-3H3/t20?,21-,24+,25+,26+,27+/m0/s1. The minimum Gasteiger partial charge on any atom is -0.464 e. The third kappa shape index (κ3) is 3.10. The summed E-state index contributed by atoms with van der Waals surface area (Å²) in [5.41, 5.74) is -1.58. The highest BCUT2D eigenvalue weighted by Gasteiger charge is 2.71. The predicted octanol–water partition coefficient (Wildman–Crippen LogP) is 4.28. The summed E-state index contributed by atoms with van der Waals surface area (Å²) in [6.45, 7) is 12.0. The topological polar surface area (TPSA) is 66.8 Å². The Morgan fingerprint density at radius 1 is 1.06 bits per heavy atom. The van der Waals surface area contributed by atoms with Crippen molar-refractivity contribution in [3.05, 3.63) is 12.2 Å². The van der Waals surface area contributed by atoms with Gasteiger partial charge in [0.1, 0.15) is 6.61 Å². The van der Waals surface area contributed by atoms with Crippen molar-refractivity contribution in [3.63, 3.8) is 0 Å². The van der Waals surface area contributed by atoms with E-state index in [1.54, 1.807) is 0 Å². The lowest BCUT2D eigenvalue weighted by Crippen LogP contribution is -2.60. The van der Waals surface area contributed by atoms with Gasteiger partial charge in [0.05, 0.1) is 11.0 Å². The van der Waals surface area contributed by atoms with Crippen molar-refractivity contribution >= 4 is 11.8 Å². The maximum atomic E-state index is 13.5. The normalized spacial score (nSPS) is 46.5. The van der Waals surface area contributed by atoms with Gasteiger partial charge in [0.25, 0.3) is 0 Å². The zero-order valence-corrected chi connectivity index (χ0v) is 20.1. The van der Waals surface area contributed by atoms with Crippen LogP contribution in [-0.2, 0) is 14.3 Å². The molecule has 5 aliphatic rings. The lowest BCUT2D eigenvalue weighted by molar-refractivity contribution is -0.191. The Morgan fingerprint density at radius 2 is 1.78 bits per heavy atom. The quantitative estimate of drug-likeness (QED) is 0.519. The van der Waals surface area contributed by atoms with E-state index in [0.29, 0.717) is 25.0 Å². The molecule has 5 fully saturated rings. The average Bonchev–Trinajstić information content (AvgIpc) is 2.90. The molecule has 1 N–H and O–H groups in total. The molecular weight excluding hydrogens is 402 g/mol. The van der Waals surface area contributed by atoms with Gasteiger partial charge < -0.3 is 9.84 Å². The molecule has 2 bridgehead atoms. The van der Waals surface area contributed by atoms with Crippen molar-refractivity contribution < 1.29 is 19.4 Å². The second-order valence-corrected chi connectivity index (χ2v) is 12.2. The van der Waals surface area contributed by atoms with Gasteiger partial charge in [-0.3, -0.25) is 14.5 Å². The van der Waals surface area contributed by atoms with Crippen molar-refractivity contribution in [2.24, 2.45) is 28.1 Å². The van der Waals surface area contributed by atoms with Gasteiger partial charge in [0, 0.05) is 17.5 Å². The summed E-state index contributed by atoms with van der Waals surface area (Å²) in [7, 11) is 0. The van der Waals surface area contributed by atoms with E-state index in [4.69, 9.17) is 4.74 Å². The molecule has 1 spiro atoms. The minimum atomic E-state index is -0.998. The Bertz CT molecular complexity index is 818. The number of esters is 1. The Kier molecular flexibility index (Phi) is 5.41.